The van der Waals surface area contributed by atoms with Crippen LogP contribution in [0.1, 0.15) is 0 Å². The maximum absolute atomic E-state index is 13.1. The van der Waals surface area contributed by atoms with Crippen molar-refractivity contribution < 1.29 is 8.42 Å². The Kier molecular flexibility index (Phi) is 4.22. The van der Waals surface area contributed by atoms with Gasteiger partial charge in [0, 0.05) is 29.2 Å². The number of hydrogen-bond acceptors (Lipinski definition) is 4. The van der Waals surface area contributed by atoms with Crippen LogP contribution in [0, 0.1) is 0 Å². The van der Waals surface area contributed by atoms with Gasteiger partial charge in [-0.15, -0.1) is 11.3 Å². The van der Waals surface area contributed by atoms with E-state index in [0.29, 0.717) is 16.5 Å². The summed E-state index contributed by atoms with van der Waals surface area (Å²) in [5.41, 5.74) is 1.48. The first-order valence-electron chi connectivity index (χ1n) is 7.74. The second kappa shape index (κ2) is 6.42. The summed E-state index contributed by atoms with van der Waals surface area (Å²) in [6.45, 7) is 0. The minimum atomic E-state index is -3.76. The molecule has 26 heavy (non-hydrogen) atoms. The zero-order valence-corrected chi connectivity index (χ0v) is 16.1. The third-order valence-corrected chi connectivity index (χ3v) is 6.82. The largest absolute Gasteiger partial charge is 0.275 e. The molecule has 0 amide bonds. The maximum atomic E-state index is 13.1. The van der Waals surface area contributed by atoms with Gasteiger partial charge < -0.3 is 0 Å². The number of sulfonamides is 1. The van der Waals surface area contributed by atoms with Gasteiger partial charge in [-0.1, -0.05) is 41.9 Å². The number of nitrogens with zero attached hydrogens (tertiary/aromatic N) is 3. The van der Waals surface area contributed by atoms with Crippen LogP contribution in [0.5, 0.6) is 0 Å². The number of halogens is 1. The molecule has 0 saturated heterocycles. The molecule has 2 aromatic carbocycles. The molecule has 0 unspecified atom stereocenters. The molecule has 4 aromatic rings. The Morgan fingerprint density at radius 3 is 2.46 bits per heavy atom. The highest BCUT2D eigenvalue weighted by Gasteiger charge is 2.28. The van der Waals surface area contributed by atoms with Gasteiger partial charge in [0.2, 0.25) is 0 Å². The third-order valence-electron chi connectivity index (χ3n) is 4.05. The topological polar surface area (TPSA) is 54.7 Å². The quantitative estimate of drug-likeness (QED) is 0.502. The van der Waals surface area contributed by atoms with Gasteiger partial charge in [-0.25, -0.2) is 13.4 Å². The van der Waals surface area contributed by atoms with Crippen LogP contribution in [-0.2, 0) is 10.0 Å². The van der Waals surface area contributed by atoms with E-state index in [4.69, 9.17) is 11.6 Å². The molecule has 132 valence electrons. The van der Waals surface area contributed by atoms with E-state index in [1.807, 2.05) is 41.9 Å². The predicted octanol–water partition coefficient (Wildman–Crippen LogP) is 4.54. The molecule has 8 heteroatoms. The minimum absolute atomic E-state index is 0.175. The van der Waals surface area contributed by atoms with E-state index in [-0.39, 0.29) is 4.90 Å². The standard InChI is InChI=1S/C18H14ClN3O2S2/c1-21(26(23,24)15-9-7-14(19)8-10-15)17-16(13-5-3-2-4-6-13)20-18-22(17)11-12-25-18/h2-12H,1H3. The summed E-state index contributed by atoms with van der Waals surface area (Å²) in [6.07, 6.45) is 1.82. The molecule has 0 saturated carbocycles. The van der Waals surface area contributed by atoms with Crippen LogP contribution >= 0.6 is 22.9 Å². The van der Waals surface area contributed by atoms with E-state index < -0.39 is 10.0 Å². The average molecular weight is 404 g/mol. The van der Waals surface area contributed by atoms with Crippen LogP contribution in [0.3, 0.4) is 0 Å². The summed E-state index contributed by atoms with van der Waals surface area (Å²) < 4.78 is 29.3. The van der Waals surface area contributed by atoms with Crippen molar-refractivity contribution in [3.05, 3.63) is 71.2 Å². The van der Waals surface area contributed by atoms with E-state index in [1.54, 1.807) is 16.5 Å². The van der Waals surface area contributed by atoms with E-state index in [1.165, 1.54) is 34.8 Å². The lowest BCUT2D eigenvalue weighted by Gasteiger charge is -2.20. The van der Waals surface area contributed by atoms with Crippen molar-refractivity contribution in [1.82, 2.24) is 9.38 Å². The van der Waals surface area contributed by atoms with Gasteiger partial charge in [0.25, 0.3) is 10.0 Å². The summed E-state index contributed by atoms with van der Waals surface area (Å²) >= 11 is 7.34. The van der Waals surface area contributed by atoms with Crippen LogP contribution < -0.4 is 4.31 Å². The van der Waals surface area contributed by atoms with Gasteiger partial charge >= 0.3 is 0 Å². The molecule has 4 rings (SSSR count). The van der Waals surface area contributed by atoms with Gasteiger partial charge in [-0.05, 0) is 24.3 Å². The highest BCUT2D eigenvalue weighted by Crippen LogP contribution is 2.35. The van der Waals surface area contributed by atoms with E-state index in [9.17, 15) is 8.42 Å². The molecular weight excluding hydrogens is 390 g/mol. The van der Waals surface area contributed by atoms with Gasteiger partial charge in [-0.2, -0.15) is 0 Å². The summed E-state index contributed by atoms with van der Waals surface area (Å²) in [4.78, 5) is 5.55. The van der Waals surface area contributed by atoms with Gasteiger partial charge in [-0.3, -0.25) is 8.71 Å². The summed E-state index contributed by atoms with van der Waals surface area (Å²) in [6, 6.07) is 15.7. The minimum Gasteiger partial charge on any atom is -0.275 e. The normalized spacial score (nSPS) is 11.8. The Morgan fingerprint density at radius 2 is 1.77 bits per heavy atom. The molecule has 0 spiro atoms. The van der Waals surface area contributed by atoms with Gasteiger partial charge in [0.15, 0.2) is 10.8 Å². The van der Waals surface area contributed by atoms with Crippen LogP contribution in [-0.4, -0.2) is 24.9 Å². The Morgan fingerprint density at radius 1 is 1.08 bits per heavy atom. The first-order valence-corrected chi connectivity index (χ1v) is 10.4. The number of fused-ring (bicyclic) bond motifs is 1. The lowest BCUT2D eigenvalue weighted by molar-refractivity contribution is 0.594. The number of hydrogen-bond donors (Lipinski definition) is 0. The molecule has 2 heterocycles. The molecule has 0 atom stereocenters. The van der Waals surface area contributed by atoms with Crippen LogP contribution in [0.4, 0.5) is 5.82 Å². The summed E-state index contributed by atoms with van der Waals surface area (Å²) in [5.74, 6) is 0.502. The van der Waals surface area contributed by atoms with Crippen LogP contribution in [0.2, 0.25) is 5.02 Å². The number of imidazole rings is 1. The average Bonchev–Trinajstić information content (AvgIpc) is 3.23. The zero-order valence-electron chi connectivity index (χ0n) is 13.7. The second-order valence-electron chi connectivity index (χ2n) is 5.63. The Hall–Kier alpha value is -2.35. The highest BCUT2D eigenvalue weighted by molar-refractivity contribution is 7.92. The first kappa shape index (κ1) is 17.1. The molecule has 0 aliphatic rings. The summed E-state index contributed by atoms with van der Waals surface area (Å²) in [7, 11) is -2.22. The second-order valence-corrected chi connectivity index (χ2v) is 8.91. The molecular formula is C18H14ClN3O2S2. The van der Waals surface area contributed by atoms with Crippen molar-refractivity contribution in [2.75, 3.05) is 11.4 Å². The summed E-state index contributed by atoms with van der Waals surface area (Å²) in [5, 5.41) is 2.37. The van der Waals surface area contributed by atoms with Crippen molar-refractivity contribution in [3.8, 4) is 11.3 Å². The molecule has 0 N–H and O–H groups in total. The fourth-order valence-electron chi connectivity index (χ4n) is 2.74. The van der Waals surface area contributed by atoms with Crippen LogP contribution in [0.15, 0.2) is 71.1 Å². The fraction of sp³-hybridized carbons (Fsp3) is 0.0556. The van der Waals surface area contributed by atoms with E-state index >= 15 is 0 Å². The van der Waals surface area contributed by atoms with Gasteiger partial charge in [0.1, 0.15) is 5.69 Å². The number of benzene rings is 2. The van der Waals surface area contributed by atoms with Crippen molar-refractivity contribution in [2.24, 2.45) is 0 Å². The van der Waals surface area contributed by atoms with Crippen molar-refractivity contribution in [1.29, 1.82) is 0 Å². The van der Waals surface area contributed by atoms with Crippen molar-refractivity contribution in [2.45, 2.75) is 4.90 Å². The molecule has 0 bridgehead atoms. The number of rotatable bonds is 4. The smallest absolute Gasteiger partial charge is 0.265 e. The zero-order chi connectivity index (χ0) is 18.3. The molecule has 0 radical (unpaired) electrons. The molecule has 2 aromatic heterocycles. The lowest BCUT2D eigenvalue weighted by atomic mass is 10.1. The maximum Gasteiger partial charge on any atom is 0.265 e. The van der Waals surface area contributed by atoms with Crippen molar-refractivity contribution in [3.63, 3.8) is 0 Å². The fourth-order valence-corrected chi connectivity index (χ4v) is 4.78. The molecule has 5 nitrogen and oxygen atoms in total. The monoisotopic (exact) mass is 403 g/mol. The lowest BCUT2D eigenvalue weighted by Crippen LogP contribution is -2.28. The first-order chi connectivity index (χ1) is 12.5. The molecule has 0 aliphatic carbocycles. The third kappa shape index (κ3) is 2.78. The van der Waals surface area contributed by atoms with Crippen LogP contribution in [0.25, 0.3) is 16.2 Å². The highest BCUT2D eigenvalue weighted by atomic mass is 35.5. The Bertz CT molecular complexity index is 1170. The van der Waals surface area contributed by atoms with Crippen molar-refractivity contribution >= 4 is 43.7 Å². The van der Waals surface area contributed by atoms with Gasteiger partial charge in [0.05, 0.1) is 4.90 Å². The molecule has 0 aliphatic heterocycles. The van der Waals surface area contributed by atoms with E-state index in [0.717, 1.165) is 10.5 Å². The van der Waals surface area contributed by atoms with E-state index in [2.05, 4.69) is 4.98 Å². The number of anilines is 1. The number of thiazole rings is 1. The predicted molar refractivity (Wildman–Crippen MR) is 106 cm³/mol. The Labute approximate surface area is 160 Å². The Balaban J connectivity index is 1.90. The SMILES string of the molecule is CN(c1c(-c2ccccc2)nc2sccn12)S(=O)(=O)c1ccc(Cl)cc1. The molecule has 0 fully saturated rings. The number of aromatic nitrogens is 2.